The number of hydrogen-bond acceptors (Lipinski definition) is 3. The molecule has 4 nitrogen and oxygen atoms in total. The molecule has 0 aromatic carbocycles. The summed E-state index contributed by atoms with van der Waals surface area (Å²) in [5, 5.41) is 6.52. The van der Waals surface area contributed by atoms with Crippen molar-refractivity contribution in [1.82, 2.24) is 10.3 Å². The van der Waals surface area contributed by atoms with E-state index in [2.05, 4.69) is 21.7 Å². The number of hydrogen-bond donors (Lipinski definition) is 2. The largest absolute Gasteiger partial charge is 0.383 e. The number of nitrogens with zero attached hydrogens (tertiary/aromatic N) is 1. The van der Waals surface area contributed by atoms with Gasteiger partial charge < -0.3 is 10.6 Å². The molecular formula is C20H29N3O. The summed E-state index contributed by atoms with van der Waals surface area (Å²) in [5.74, 6) is -0.0409. The van der Waals surface area contributed by atoms with Crippen LogP contribution in [0.3, 0.4) is 0 Å². The van der Waals surface area contributed by atoms with Crippen LogP contribution < -0.4 is 10.6 Å². The molecule has 24 heavy (non-hydrogen) atoms. The van der Waals surface area contributed by atoms with Gasteiger partial charge in [-0.25, -0.2) is 4.98 Å². The molecule has 2 aliphatic carbocycles. The number of amides is 1. The molecule has 1 amide bonds. The first-order chi connectivity index (χ1) is 11.8. The maximum atomic E-state index is 12.2. The first-order valence-electron chi connectivity index (χ1n) is 9.50. The Morgan fingerprint density at radius 3 is 2.71 bits per heavy atom. The second-order valence-electron chi connectivity index (χ2n) is 7.03. The molecule has 130 valence electrons. The molecule has 1 fully saturated rings. The number of nitrogens with one attached hydrogen (secondary N) is 2. The van der Waals surface area contributed by atoms with E-state index >= 15 is 0 Å². The van der Waals surface area contributed by atoms with Crippen LogP contribution in [0.2, 0.25) is 0 Å². The van der Waals surface area contributed by atoms with Crippen LogP contribution in [-0.4, -0.2) is 23.5 Å². The minimum Gasteiger partial charge on any atom is -0.383 e. The number of rotatable bonds is 6. The maximum Gasteiger partial charge on any atom is 0.270 e. The summed E-state index contributed by atoms with van der Waals surface area (Å²) in [4.78, 5) is 16.6. The molecule has 2 N–H and O–H groups in total. The van der Waals surface area contributed by atoms with Gasteiger partial charge in [0.25, 0.3) is 5.91 Å². The first kappa shape index (κ1) is 17.0. The Kier molecular flexibility index (Phi) is 6.27. The molecule has 1 aromatic rings. The van der Waals surface area contributed by atoms with E-state index in [0.29, 0.717) is 11.7 Å². The predicted molar refractivity (Wildman–Crippen MR) is 98.2 cm³/mol. The van der Waals surface area contributed by atoms with Crippen molar-refractivity contribution in [3.05, 3.63) is 35.7 Å². The average Bonchev–Trinajstić information content (AvgIpc) is 2.64. The van der Waals surface area contributed by atoms with Gasteiger partial charge >= 0.3 is 0 Å². The Morgan fingerprint density at radius 1 is 1.12 bits per heavy atom. The minimum atomic E-state index is -0.0409. The van der Waals surface area contributed by atoms with E-state index in [9.17, 15) is 4.79 Å². The molecule has 0 spiro atoms. The zero-order chi connectivity index (χ0) is 16.6. The van der Waals surface area contributed by atoms with Gasteiger partial charge in [-0.1, -0.05) is 30.9 Å². The van der Waals surface area contributed by atoms with Gasteiger partial charge in [0.05, 0.1) is 11.9 Å². The highest BCUT2D eigenvalue weighted by Crippen LogP contribution is 2.20. The van der Waals surface area contributed by atoms with Crippen molar-refractivity contribution in [1.29, 1.82) is 0 Å². The predicted octanol–water partition coefficient (Wildman–Crippen LogP) is 4.45. The van der Waals surface area contributed by atoms with Gasteiger partial charge in [-0.3, -0.25) is 4.79 Å². The zero-order valence-electron chi connectivity index (χ0n) is 14.5. The molecule has 1 aromatic heterocycles. The summed E-state index contributed by atoms with van der Waals surface area (Å²) in [6.45, 7) is 0.932. The Bertz CT molecular complexity index is 559. The van der Waals surface area contributed by atoms with Crippen molar-refractivity contribution in [2.24, 2.45) is 0 Å². The summed E-state index contributed by atoms with van der Waals surface area (Å²) in [6.07, 6.45) is 16.3. The summed E-state index contributed by atoms with van der Waals surface area (Å²) in [6, 6.07) is 4.10. The molecular weight excluding hydrogens is 298 g/mol. The van der Waals surface area contributed by atoms with Crippen LogP contribution in [0.5, 0.6) is 0 Å². The average molecular weight is 327 g/mol. The van der Waals surface area contributed by atoms with Crippen molar-refractivity contribution in [3.8, 4) is 0 Å². The van der Waals surface area contributed by atoms with Gasteiger partial charge in [0.2, 0.25) is 0 Å². The lowest BCUT2D eigenvalue weighted by Gasteiger charge is -2.22. The topological polar surface area (TPSA) is 54.0 Å². The van der Waals surface area contributed by atoms with Crippen LogP contribution >= 0.6 is 0 Å². The molecule has 3 rings (SSSR count). The smallest absolute Gasteiger partial charge is 0.270 e. The Hall–Kier alpha value is -1.84. The third-order valence-corrected chi connectivity index (χ3v) is 5.10. The summed E-state index contributed by atoms with van der Waals surface area (Å²) >= 11 is 0. The Morgan fingerprint density at radius 2 is 2.00 bits per heavy atom. The lowest BCUT2D eigenvalue weighted by Crippen LogP contribution is -2.36. The third kappa shape index (κ3) is 5.08. The number of pyridine rings is 1. The number of aromatic nitrogens is 1. The summed E-state index contributed by atoms with van der Waals surface area (Å²) in [7, 11) is 0. The number of carbonyl (C=O) groups is 1. The summed E-state index contributed by atoms with van der Waals surface area (Å²) < 4.78 is 0. The Labute approximate surface area is 145 Å². The molecule has 0 radical (unpaired) electrons. The highest BCUT2D eigenvalue weighted by atomic mass is 16.1. The van der Waals surface area contributed by atoms with Gasteiger partial charge in [-0.05, 0) is 57.1 Å². The fraction of sp³-hybridized carbons (Fsp3) is 0.600. The molecule has 0 atom stereocenters. The summed E-state index contributed by atoms with van der Waals surface area (Å²) in [5.41, 5.74) is 3.08. The normalized spacial score (nSPS) is 18.8. The minimum absolute atomic E-state index is 0.0409. The number of allylic oxidation sites excluding steroid dienone is 1. The SMILES string of the molecule is O=C(NC1CCCCC1)c1ccc(NCCC2=CCCCC2)cn1. The van der Waals surface area contributed by atoms with Gasteiger partial charge in [0.15, 0.2) is 0 Å². The van der Waals surface area contributed by atoms with Crippen LogP contribution in [0.1, 0.15) is 74.7 Å². The molecule has 4 heteroatoms. The highest BCUT2D eigenvalue weighted by molar-refractivity contribution is 5.92. The second kappa shape index (κ2) is 8.86. The zero-order valence-corrected chi connectivity index (χ0v) is 14.5. The van der Waals surface area contributed by atoms with Crippen LogP contribution in [0.4, 0.5) is 5.69 Å². The number of carbonyl (C=O) groups excluding carboxylic acids is 1. The molecule has 0 aliphatic heterocycles. The van der Waals surface area contributed by atoms with Gasteiger partial charge in [0, 0.05) is 12.6 Å². The first-order valence-corrected chi connectivity index (χ1v) is 9.50. The second-order valence-corrected chi connectivity index (χ2v) is 7.03. The maximum absolute atomic E-state index is 12.2. The van der Waals surface area contributed by atoms with Crippen molar-refractivity contribution >= 4 is 11.6 Å². The lowest BCUT2D eigenvalue weighted by molar-refractivity contribution is 0.0922. The van der Waals surface area contributed by atoms with Crippen molar-refractivity contribution in [3.63, 3.8) is 0 Å². The monoisotopic (exact) mass is 327 g/mol. The number of anilines is 1. The van der Waals surface area contributed by atoms with Crippen molar-refractivity contribution in [2.75, 3.05) is 11.9 Å². The van der Waals surface area contributed by atoms with Crippen molar-refractivity contribution < 1.29 is 4.79 Å². The van der Waals surface area contributed by atoms with Crippen LogP contribution in [0, 0.1) is 0 Å². The van der Waals surface area contributed by atoms with E-state index in [1.165, 1.54) is 44.9 Å². The van der Waals surface area contributed by atoms with E-state index in [4.69, 9.17) is 0 Å². The molecule has 2 aliphatic rings. The van der Waals surface area contributed by atoms with E-state index in [0.717, 1.165) is 31.5 Å². The van der Waals surface area contributed by atoms with Gasteiger partial charge in [-0.15, -0.1) is 0 Å². The molecule has 1 heterocycles. The van der Waals surface area contributed by atoms with E-state index in [1.54, 1.807) is 11.8 Å². The van der Waals surface area contributed by atoms with Crippen LogP contribution in [0.25, 0.3) is 0 Å². The van der Waals surface area contributed by atoms with Gasteiger partial charge in [0.1, 0.15) is 5.69 Å². The fourth-order valence-corrected chi connectivity index (χ4v) is 3.64. The van der Waals surface area contributed by atoms with E-state index in [1.807, 2.05) is 12.1 Å². The van der Waals surface area contributed by atoms with Crippen LogP contribution in [0.15, 0.2) is 30.0 Å². The molecule has 0 unspecified atom stereocenters. The van der Waals surface area contributed by atoms with E-state index in [-0.39, 0.29) is 5.91 Å². The Balaban J connectivity index is 1.44. The van der Waals surface area contributed by atoms with Gasteiger partial charge in [-0.2, -0.15) is 0 Å². The quantitative estimate of drug-likeness (QED) is 0.759. The standard InChI is InChI=1S/C20H29N3O/c24-20(23-17-9-5-2-6-10-17)19-12-11-18(15-22-19)21-14-13-16-7-3-1-4-8-16/h7,11-12,15,17,21H,1-6,8-10,13-14H2,(H,23,24). The van der Waals surface area contributed by atoms with E-state index < -0.39 is 0 Å². The van der Waals surface area contributed by atoms with Crippen LogP contribution in [-0.2, 0) is 0 Å². The third-order valence-electron chi connectivity index (χ3n) is 5.10. The highest BCUT2D eigenvalue weighted by Gasteiger charge is 2.17. The van der Waals surface area contributed by atoms with Crippen molar-refractivity contribution in [2.45, 2.75) is 70.3 Å². The molecule has 0 bridgehead atoms. The molecule has 1 saturated carbocycles. The lowest BCUT2D eigenvalue weighted by atomic mass is 9.95. The molecule has 0 saturated heterocycles. The fourth-order valence-electron chi connectivity index (χ4n) is 3.64.